The second kappa shape index (κ2) is 12.9. The van der Waals surface area contributed by atoms with E-state index < -0.39 is 0 Å². The number of aromatic nitrogens is 6. The van der Waals surface area contributed by atoms with Gasteiger partial charge in [-0.15, -0.1) is 10.2 Å². The number of halogens is 1. The quantitative estimate of drug-likeness (QED) is 0.247. The van der Waals surface area contributed by atoms with Crippen LogP contribution in [0.25, 0.3) is 22.6 Å². The van der Waals surface area contributed by atoms with Crippen LogP contribution < -0.4 is 5.32 Å². The number of nitrogens with one attached hydrogen (secondary N) is 1. The van der Waals surface area contributed by atoms with E-state index in [4.69, 9.17) is 9.52 Å². The summed E-state index contributed by atoms with van der Waals surface area (Å²) in [6.45, 7) is 7.64. The number of rotatable bonds is 9. The van der Waals surface area contributed by atoms with Crippen LogP contribution in [-0.4, -0.2) is 78.0 Å². The number of amides is 2. The van der Waals surface area contributed by atoms with Gasteiger partial charge in [-0.1, -0.05) is 26.0 Å². The summed E-state index contributed by atoms with van der Waals surface area (Å²) < 4.78 is 19.7. The van der Waals surface area contributed by atoms with Gasteiger partial charge in [0.15, 0.2) is 11.4 Å². The van der Waals surface area contributed by atoms with Crippen LogP contribution in [0.4, 0.5) is 10.1 Å². The van der Waals surface area contributed by atoms with Crippen LogP contribution >= 0.6 is 0 Å². The average Bonchev–Trinajstić information content (AvgIpc) is 3.70. The third kappa shape index (κ3) is 6.43. The molecule has 0 bridgehead atoms. The number of hydrogen-bond acceptors (Lipinski definition) is 9. The van der Waals surface area contributed by atoms with E-state index in [2.05, 4.69) is 44.3 Å². The largest absolute Gasteiger partial charge is 0.436 e. The molecule has 1 fully saturated rings. The van der Waals surface area contributed by atoms with Crippen molar-refractivity contribution in [3.05, 3.63) is 83.7 Å². The number of piperazine rings is 1. The lowest BCUT2D eigenvalue weighted by Crippen LogP contribution is -2.50. The van der Waals surface area contributed by atoms with E-state index in [1.54, 1.807) is 58.4 Å². The third-order valence-electron chi connectivity index (χ3n) is 8.04. The molecular formula is C32H34FN9O3. The number of hydrogen-bond donors (Lipinski definition) is 1. The van der Waals surface area contributed by atoms with E-state index in [9.17, 15) is 14.0 Å². The van der Waals surface area contributed by atoms with Crippen molar-refractivity contribution in [2.75, 3.05) is 31.5 Å². The van der Waals surface area contributed by atoms with Gasteiger partial charge in [-0.2, -0.15) is 4.80 Å². The van der Waals surface area contributed by atoms with Gasteiger partial charge < -0.3 is 14.6 Å². The lowest BCUT2D eigenvalue weighted by atomic mass is 10.0. The first-order valence-electron chi connectivity index (χ1n) is 15.1. The third-order valence-corrected chi connectivity index (χ3v) is 8.04. The van der Waals surface area contributed by atoms with Crippen LogP contribution in [0, 0.1) is 5.82 Å². The van der Waals surface area contributed by atoms with Crippen molar-refractivity contribution in [1.82, 2.24) is 40.0 Å². The Bertz CT molecular complexity index is 1810. The maximum absolute atomic E-state index is 13.8. The SMILES string of the molecule is CCC(CC)n1nnc([C@H](c2ccc(F)cc2)N2CCN(C(=O)c3cc(-c4nc5cc(NC(C)=O)ccc5o4)ccn3)CC2)n1. The van der Waals surface area contributed by atoms with Crippen LogP contribution in [0.15, 0.2) is 65.2 Å². The average molecular weight is 612 g/mol. The number of oxazole rings is 1. The molecular weight excluding hydrogens is 577 g/mol. The molecule has 0 spiro atoms. The molecule has 0 unspecified atom stereocenters. The lowest BCUT2D eigenvalue weighted by Gasteiger charge is -2.38. The topological polar surface area (TPSA) is 135 Å². The molecule has 1 aliphatic rings. The van der Waals surface area contributed by atoms with Crippen molar-refractivity contribution in [2.24, 2.45) is 0 Å². The summed E-state index contributed by atoms with van der Waals surface area (Å²) in [6, 6.07) is 14.8. The zero-order valence-electron chi connectivity index (χ0n) is 25.4. The Labute approximate surface area is 259 Å². The first-order valence-corrected chi connectivity index (χ1v) is 15.1. The maximum Gasteiger partial charge on any atom is 0.272 e. The van der Waals surface area contributed by atoms with Crippen molar-refractivity contribution in [3.8, 4) is 11.5 Å². The van der Waals surface area contributed by atoms with Crippen molar-refractivity contribution in [1.29, 1.82) is 0 Å². The molecule has 0 radical (unpaired) electrons. The number of carbonyl (C=O) groups is 2. The Hall–Kier alpha value is -5.04. The van der Waals surface area contributed by atoms with Gasteiger partial charge in [-0.25, -0.2) is 9.37 Å². The van der Waals surface area contributed by atoms with Crippen molar-refractivity contribution < 1.29 is 18.4 Å². The summed E-state index contributed by atoms with van der Waals surface area (Å²) in [5.74, 6) is 0.205. The first kappa shape index (κ1) is 30.0. The summed E-state index contributed by atoms with van der Waals surface area (Å²) in [6.07, 6.45) is 3.33. The fourth-order valence-corrected chi connectivity index (χ4v) is 5.64. The second-order valence-electron chi connectivity index (χ2n) is 11.0. The number of pyridine rings is 1. The maximum atomic E-state index is 13.8. The standard InChI is InChI=1S/C32H34FN9O3/c1-4-25(5-2)42-38-30(37-39-42)29(21-6-8-23(33)9-7-21)40-14-16-41(17-15-40)32(44)27-18-22(12-13-34-27)31-36-26-19-24(35-20(3)43)10-11-28(26)45-31/h6-13,18-19,25,29H,4-5,14-17H2,1-3H3,(H,35,43)/t29-/m0/s1. The molecule has 5 aromatic rings. The molecule has 0 aliphatic carbocycles. The zero-order valence-corrected chi connectivity index (χ0v) is 25.4. The molecule has 1 atom stereocenters. The van der Waals surface area contributed by atoms with Crippen LogP contribution in [0.2, 0.25) is 0 Å². The molecule has 45 heavy (non-hydrogen) atoms. The van der Waals surface area contributed by atoms with Gasteiger partial charge >= 0.3 is 0 Å². The van der Waals surface area contributed by atoms with Crippen molar-refractivity contribution in [2.45, 2.75) is 45.7 Å². The number of anilines is 1. The Morgan fingerprint density at radius 2 is 1.76 bits per heavy atom. The molecule has 1 N–H and O–H groups in total. The van der Waals surface area contributed by atoms with Gasteiger partial charge in [0, 0.05) is 50.6 Å². The second-order valence-corrected chi connectivity index (χ2v) is 11.0. The van der Waals surface area contributed by atoms with Crippen LogP contribution in [0.1, 0.15) is 67.6 Å². The zero-order chi connectivity index (χ0) is 31.5. The van der Waals surface area contributed by atoms with E-state index in [1.165, 1.54) is 19.1 Å². The summed E-state index contributed by atoms with van der Waals surface area (Å²) in [5.41, 5.74) is 3.52. The highest BCUT2D eigenvalue weighted by Gasteiger charge is 2.32. The highest BCUT2D eigenvalue weighted by atomic mass is 19.1. The van der Waals surface area contributed by atoms with E-state index in [0.717, 1.165) is 18.4 Å². The normalized spacial score (nSPS) is 14.6. The van der Waals surface area contributed by atoms with Gasteiger partial charge in [0.1, 0.15) is 17.0 Å². The van der Waals surface area contributed by atoms with Crippen LogP contribution in [0.3, 0.4) is 0 Å². The Balaban J connectivity index is 1.18. The predicted molar refractivity (Wildman–Crippen MR) is 165 cm³/mol. The molecule has 3 aromatic heterocycles. The molecule has 1 saturated heterocycles. The van der Waals surface area contributed by atoms with E-state index in [1.807, 2.05) is 0 Å². The highest BCUT2D eigenvalue weighted by Crippen LogP contribution is 2.29. The van der Waals surface area contributed by atoms with Gasteiger partial charge in [0.25, 0.3) is 5.91 Å². The molecule has 12 nitrogen and oxygen atoms in total. The van der Waals surface area contributed by atoms with Gasteiger partial charge in [-0.05, 0) is 66.1 Å². The molecule has 1 aliphatic heterocycles. The molecule has 13 heteroatoms. The monoisotopic (exact) mass is 611 g/mol. The molecule has 2 amide bonds. The Morgan fingerprint density at radius 1 is 1.00 bits per heavy atom. The summed E-state index contributed by atoms with van der Waals surface area (Å²) in [7, 11) is 0. The summed E-state index contributed by atoms with van der Waals surface area (Å²) in [5, 5.41) is 16.2. The molecule has 0 saturated carbocycles. The Kier molecular flexibility index (Phi) is 8.60. The van der Waals surface area contributed by atoms with Crippen LogP contribution in [-0.2, 0) is 4.79 Å². The first-order chi connectivity index (χ1) is 21.8. The van der Waals surface area contributed by atoms with Crippen LogP contribution in [0.5, 0.6) is 0 Å². The minimum atomic E-state index is -0.335. The van der Waals surface area contributed by atoms with E-state index in [0.29, 0.717) is 60.2 Å². The minimum absolute atomic E-state index is 0.147. The fraction of sp³-hybridized carbons (Fsp3) is 0.344. The molecule has 232 valence electrons. The van der Waals surface area contributed by atoms with E-state index >= 15 is 0 Å². The number of fused-ring (bicyclic) bond motifs is 1. The number of benzene rings is 2. The summed E-state index contributed by atoms with van der Waals surface area (Å²) >= 11 is 0. The van der Waals surface area contributed by atoms with Gasteiger partial charge in [0.05, 0.1) is 12.1 Å². The van der Waals surface area contributed by atoms with Crippen molar-refractivity contribution >= 4 is 28.6 Å². The van der Waals surface area contributed by atoms with Crippen molar-refractivity contribution in [3.63, 3.8) is 0 Å². The highest BCUT2D eigenvalue weighted by molar-refractivity contribution is 5.94. The summed E-state index contributed by atoms with van der Waals surface area (Å²) in [4.78, 5) is 39.5. The predicted octanol–water partition coefficient (Wildman–Crippen LogP) is 4.88. The van der Waals surface area contributed by atoms with Gasteiger partial charge in [0.2, 0.25) is 11.8 Å². The smallest absolute Gasteiger partial charge is 0.272 e. The molecule has 2 aromatic carbocycles. The van der Waals surface area contributed by atoms with E-state index in [-0.39, 0.29) is 35.4 Å². The fourth-order valence-electron chi connectivity index (χ4n) is 5.64. The number of tetrazole rings is 1. The van der Waals surface area contributed by atoms with Gasteiger partial charge in [-0.3, -0.25) is 19.5 Å². The number of carbonyl (C=O) groups excluding carboxylic acids is 2. The minimum Gasteiger partial charge on any atom is -0.436 e. The molecule has 4 heterocycles. The Morgan fingerprint density at radius 3 is 2.47 bits per heavy atom. The lowest BCUT2D eigenvalue weighted by molar-refractivity contribution is -0.114. The molecule has 6 rings (SSSR count). The number of nitrogens with zero attached hydrogens (tertiary/aromatic N) is 8.